The molecular weight excluding hydrogens is 349 g/mol. The molecule has 0 radical (unpaired) electrons. The molecule has 1 N–H and O–H groups in total. The Kier molecular flexibility index (Phi) is 4.69. The molecule has 1 heterocycles. The van der Waals surface area contributed by atoms with Gasteiger partial charge in [0.25, 0.3) is 5.91 Å². The van der Waals surface area contributed by atoms with Crippen molar-refractivity contribution in [1.82, 2.24) is 9.80 Å². The molecule has 134 valence electrons. The third-order valence-electron chi connectivity index (χ3n) is 4.99. The first-order valence-corrected chi connectivity index (χ1v) is 8.57. The number of nitrogens with zero attached hydrogens (tertiary/aromatic N) is 2. The Morgan fingerprint density at radius 3 is 2.64 bits per heavy atom. The largest absolute Gasteiger partial charge is 0.327 e. The number of halogens is 2. The lowest BCUT2D eigenvalue weighted by Gasteiger charge is -2.35. The Hall–Kier alpha value is -2.15. The fraction of sp³-hybridized carbons (Fsp3) is 0.471. The fourth-order valence-corrected chi connectivity index (χ4v) is 3.77. The van der Waals surface area contributed by atoms with E-state index >= 15 is 0 Å². The molecule has 0 bridgehead atoms. The van der Waals surface area contributed by atoms with E-state index in [1.807, 2.05) is 0 Å². The van der Waals surface area contributed by atoms with Crippen molar-refractivity contribution in [2.24, 2.45) is 0 Å². The number of carbonyl (C=O) groups excluding carboxylic acids is 3. The second-order valence-corrected chi connectivity index (χ2v) is 6.93. The Labute approximate surface area is 149 Å². The molecule has 3 rings (SSSR count). The summed E-state index contributed by atoms with van der Waals surface area (Å²) in [6, 6.07) is 3.28. The van der Waals surface area contributed by atoms with E-state index < -0.39 is 29.8 Å². The molecule has 1 aromatic carbocycles. The van der Waals surface area contributed by atoms with Gasteiger partial charge >= 0.3 is 6.03 Å². The molecule has 25 heavy (non-hydrogen) atoms. The van der Waals surface area contributed by atoms with E-state index in [9.17, 15) is 18.8 Å². The highest BCUT2D eigenvalue weighted by Gasteiger charge is 2.55. The average Bonchev–Trinajstić information content (AvgIpc) is 2.75. The van der Waals surface area contributed by atoms with Gasteiger partial charge in [-0.2, -0.15) is 0 Å². The SMILES string of the molecule is CN1C(=O)N(CC(=O)Nc2cc(Cl)ccc2F)C(=O)C12CCCCC2. The molecule has 6 nitrogen and oxygen atoms in total. The zero-order valence-electron chi connectivity index (χ0n) is 13.8. The maximum atomic E-state index is 13.7. The van der Waals surface area contributed by atoms with Gasteiger partial charge in [0, 0.05) is 12.1 Å². The Morgan fingerprint density at radius 2 is 1.96 bits per heavy atom. The molecule has 1 aliphatic heterocycles. The summed E-state index contributed by atoms with van der Waals surface area (Å²) in [5.74, 6) is -1.64. The van der Waals surface area contributed by atoms with E-state index in [4.69, 9.17) is 11.6 Å². The first-order chi connectivity index (χ1) is 11.8. The quantitative estimate of drug-likeness (QED) is 0.835. The highest BCUT2D eigenvalue weighted by Crippen LogP contribution is 2.39. The summed E-state index contributed by atoms with van der Waals surface area (Å²) >= 11 is 5.79. The molecule has 2 aliphatic rings. The minimum Gasteiger partial charge on any atom is -0.322 e. The molecule has 0 unspecified atom stereocenters. The van der Waals surface area contributed by atoms with E-state index in [0.717, 1.165) is 30.2 Å². The second-order valence-electron chi connectivity index (χ2n) is 6.50. The minimum atomic E-state index is -0.836. The molecule has 2 fully saturated rings. The van der Waals surface area contributed by atoms with Gasteiger partial charge in [-0.15, -0.1) is 0 Å². The molecule has 8 heteroatoms. The van der Waals surface area contributed by atoms with Crippen molar-refractivity contribution in [2.45, 2.75) is 37.6 Å². The number of amides is 4. The highest BCUT2D eigenvalue weighted by atomic mass is 35.5. The number of rotatable bonds is 3. The molecule has 0 atom stereocenters. The number of anilines is 1. The number of imide groups is 1. The summed E-state index contributed by atoms with van der Waals surface area (Å²) in [6.45, 7) is -0.449. The van der Waals surface area contributed by atoms with Gasteiger partial charge in [0.1, 0.15) is 17.9 Å². The van der Waals surface area contributed by atoms with E-state index in [1.165, 1.54) is 17.0 Å². The van der Waals surface area contributed by atoms with Crippen LogP contribution in [0, 0.1) is 5.82 Å². The van der Waals surface area contributed by atoms with Crippen molar-refractivity contribution < 1.29 is 18.8 Å². The maximum Gasteiger partial charge on any atom is 0.327 e. The second kappa shape index (κ2) is 6.63. The van der Waals surface area contributed by atoms with Crippen LogP contribution in [0.15, 0.2) is 18.2 Å². The van der Waals surface area contributed by atoms with Gasteiger partial charge in [0.2, 0.25) is 5.91 Å². The molecule has 1 saturated heterocycles. The number of urea groups is 1. The summed E-state index contributed by atoms with van der Waals surface area (Å²) in [7, 11) is 1.60. The van der Waals surface area contributed by atoms with Crippen molar-refractivity contribution in [3.63, 3.8) is 0 Å². The lowest BCUT2D eigenvalue weighted by atomic mass is 9.81. The van der Waals surface area contributed by atoms with Gasteiger partial charge in [0.05, 0.1) is 5.69 Å². The van der Waals surface area contributed by atoms with Crippen LogP contribution in [0.3, 0.4) is 0 Å². The molecule has 1 spiro atoms. The van der Waals surface area contributed by atoms with Crippen LogP contribution in [0.5, 0.6) is 0 Å². The molecule has 1 aromatic rings. The normalized spacial score (nSPS) is 19.6. The van der Waals surface area contributed by atoms with Gasteiger partial charge in [-0.25, -0.2) is 9.18 Å². The first-order valence-electron chi connectivity index (χ1n) is 8.20. The highest BCUT2D eigenvalue weighted by molar-refractivity contribution is 6.30. The monoisotopic (exact) mass is 367 g/mol. The van der Waals surface area contributed by atoms with Gasteiger partial charge < -0.3 is 10.2 Å². The van der Waals surface area contributed by atoms with Gasteiger partial charge in [0.15, 0.2) is 0 Å². The van der Waals surface area contributed by atoms with E-state index in [-0.39, 0.29) is 16.6 Å². The summed E-state index contributed by atoms with van der Waals surface area (Å²) < 4.78 is 13.7. The number of likely N-dealkylation sites (N-methyl/N-ethyl adjacent to an activating group) is 1. The summed E-state index contributed by atoms with van der Waals surface area (Å²) in [4.78, 5) is 39.9. The number of hydrogen-bond acceptors (Lipinski definition) is 3. The molecule has 1 saturated carbocycles. The number of hydrogen-bond donors (Lipinski definition) is 1. The van der Waals surface area contributed by atoms with Crippen molar-refractivity contribution in [3.05, 3.63) is 29.0 Å². The topological polar surface area (TPSA) is 69.7 Å². The summed E-state index contributed by atoms with van der Waals surface area (Å²) in [5, 5.41) is 2.63. The van der Waals surface area contributed by atoms with Crippen LogP contribution in [0.25, 0.3) is 0 Å². The number of benzene rings is 1. The van der Waals surface area contributed by atoms with Gasteiger partial charge in [-0.1, -0.05) is 30.9 Å². The van der Waals surface area contributed by atoms with Crippen molar-refractivity contribution in [1.29, 1.82) is 0 Å². The fourth-order valence-electron chi connectivity index (χ4n) is 3.60. The predicted molar refractivity (Wildman–Crippen MR) is 90.7 cm³/mol. The van der Waals surface area contributed by atoms with Crippen molar-refractivity contribution >= 4 is 35.1 Å². The van der Waals surface area contributed by atoms with Crippen LogP contribution in [0.2, 0.25) is 5.02 Å². The Morgan fingerprint density at radius 1 is 1.28 bits per heavy atom. The number of carbonyl (C=O) groups is 3. The molecule has 0 aromatic heterocycles. The number of nitrogens with one attached hydrogen (secondary N) is 1. The third-order valence-corrected chi connectivity index (χ3v) is 5.22. The average molecular weight is 368 g/mol. The van der Waals surface area contributed by atoms with Crippen LogP contribution in [0.1, 0.15) is 32.1 Å². The maximum absolute atomic E-state index is 13.7. The van der Waals surface area contributed by atoms with Gasteiger partial charge in [-0.3, -0.25) is 14.5 Å². The van der Waals surface area contributed by atoms with Crippen molar-refractivity contribution in [3.8, 4) is 0 Å². The van der Waals surface area contributed by atoms with Crippen LogP contribution in [0.4, 0.5) is 14.9 Å². The summed E-state index contributed by atoms with van der Waals surface area (Å²) in [5.41, 5.74) is -0.922. The Balaban J connectivity index is 1.74. The van der Waals surface area contributed by atoms with E-state index in [0.29, 0.717) is 12.8 Å². The lowest BCUT2D eigenvalue weighted by molar-refractivity contribution is -0.136. The Bertz CT molecular complexity index is 734. The molecule has 4 amide bonds. The molecular formula is C17H19ClFN3O3. The standard InChI is InChI=1S/C17H19ClFN3O3/c1-21-16(25)22(15(24)17(21)7-3-2-4-8-17)10-14(23)20-13-9-11(18)5-6-12(13)19/h5-6,9H,2-4,7-8,10H2,1H3,(H,20,23). The summed E-state index contributed by atoms with van der Waals surface area (Å²) in [6.07, 6.45) is 3.99. The zero-order chi connectivity index (χ0) is 18.2. The van der Waals surface area contributed by atoms with Crippen LogP contribution >= 0.6 is 11.6 Å². The predicted octanol–water partition coefficient (Wildman–Crippen LogP) is 3.01. The molecule has 1 aliphatic carbocycles. The van der Waals surface area contributed by atoms with Crippen molar-refractivity contribution in [2.75, 3.05) is 18.9 Å². The zero-order valence-corrected chi connectivity index (χ0v) is 14.6. The first kappa shape index (κ1) is 17.7. The van der Waals surface area contributed by atoms with Gasteiger partial charge in [-0.05, 0) is 31.0 Å². The van der Waals surface area contributed by atoms with E-state index in [2.05, 4.69) is 5.32 Å². The minimum absolute atomic E-state index is 0.0858. The van der Waals surface area contributed by atoms with Crippen LogP contribution in [-0.4, -0.2) is 46.8 Å². The van der Waals surface area contributed by atoms with E-state index in [1.54, 1.807) is 7.05 Å². The van der Waals surface area contributed by atoms with Crippen LogP contribution in [-0.2, 0) is 9.59 Å². The smallest absolute Gasteiger partial charge is 0.322 e. The van der Waals surface area contributed by atoms with Crippen LogP contribution < -0.4 is 5.32 Å². The third kappa shape index (κ3) is 3.08. The lowest BCUT2D eigenvalue weighted by Crippen LogP contribution is -2.49.